The van der Waals surface area contributed by atoms with Gasteiger partial charge in [-0.3, -0.25) is 0 Å². The van der Waals surface area contributed by atoms with Crippen molar-refractivity contribution in [1.29, 1.82) is 0 Å². The van der Waals surface area contributed by atoms with Gasteiger partial charge in [0.15, 0.2) is 0 Å². The summed E-state index contributed by atoms with van der Waals surface area (Å²) in [5, 5.41) is 1.45. The Labute approximate surface area is 95.9 Å². The van der Waals surface area contributed by atoms with Crippen molar-refractivity contribution in [2.75, 3.05) is 0 Å². The molecule has 0 unspecified atom stereocenters. The van der Waals surface area contributed by atoms with Crippen LogP contribution in [0.1, 0.15) is 29.9 Å². The molecule has 0 saturated carbocycles. The fourth-order valence-corrected chi connectivity index (χ4v) is 3.04. The monoisotopic (exact) mass is 218 g/mol. The van der Waals surface area contributed by atoms with Gasteiger partial charge in [0.05, 0.1) is 0 Å². The topological polar surface area (TPSA) is 0 Å². The second-order valence-corrected chi connectivity index (χ2v) is 5.97. The fraction of sp³-hybridized carbons (Fsp3) is 0.429. The number of hydrogen-bond acceptors (Lipinski definition) is 1. The van der Waals surface area contributed by atoms with Crippen molar-refractivity contribution in [2.45, 2.75) is 34.1 Å². The van der Waals surface area contributed by atoms with Crippen LogP contribution in [-0.2, 0) is 6.42 Å². The van der Waals surface area contributed by atoms with Crippen molar-refractivity contribution >= 4 is 21.4 Å². The van der Waals surface area contributed by atoms with E-state index in [0.29, 0.717) is 0 Å². The molecular weight excluding hydrogens is 200 g/mol. The molecule has 2 aromatic rings. The van der Waals surface area contributed by atoms with Crippen LogP contribution < -0.4 is 0 Å². The molecule has 0 aliphatic heterocycles. The predicted molar refractivity (Wildman–Crippen MR) is 69.8 cm³/mol. The summed E-state index contributed by atoms with van der Waals surface area (Å²) in [6.07, 6.45) is 1.18. The lowest BCUT2D eigenvalue weighted by Gasteiger charge is -2.04. The van der Waals surface area contributed by atoms with Crippen LogP contribution in [0.15, 0.2) is 18.2 Å². The molecule has 2 rings (SSSR count). The minimum absolute atomic E-state index is 0.738. The Morgan fingerprint density at radius 3 is 2.60 bits per heavy atom. The van der Waals surface area contributed by atoms with E-state index in [2.05, 4.69) is 45.9 Å². The van der Waals surface area contributed by atoms with E-state index in [9.17, 15) is 0 Å². The summed E-state index contributed by atoms with van der Waals surface area (Å²) >= 11 is 1.91. The molecule has 0 radical (unpaired) electrons. The molecule has 0 atom stereocenters. The standard InChI is InChI=1S/C14H18S/c1-9(2)7-12-5-6-14-13(8-12)10(3)11(4)15-14/h5-6,8-9H,7H2,1-4H3. The average molecular weight is 218 g/mol. The second kappa shape index (κ2) is 3.97. The summed E-state index contributed by atoms with van der Waals surface area (Å²) in [7, 11) is 0. The summed E-state index contributed by atoms with van der Waals surface area (Å²) in [5.41, 5.74) is 2.93. The number of hydrogen-bond donors (Lipinski definition) is 0. The Morgan fingerprint density at radius 2 is 1.93 bits per heavy atom. The van der Waals surface area contributed by atoms with Gasteiger partial charge in [0, 0.05) is 9.58 Å². The zero-order valence-corrected chi connectivity index (χ0v) is 10.7. The lowest BCUT2D eigenvalue weighted by Crippen LogP contribution is -1.93. The molecule has 1 aromatic carbocycles. The Hall–Kier alpha value is -0.820. The summed E-state index contributed by atoms with van der Waals surface area (Å²) < 4.78 is 1.43. The minimum atomic E-state index is 0.738. The average Bonchev–Trinajstić information content (AvgIpc) is 2.43. The van der Waals surface area contributed by atoms with Crippen molar-refractivity contribution in [1.82, 2.24) is 0 Å². The first-order chi connectivity index (χ1) is 7.08. The van der Waals surface area contributed by atoms with Gasteiger partial charge in [-0.25, -0.2) is 0 Å². The maximum Gasteiger partial charge on any atom is 0.0348 e. The molecule has 0 spiro atoms. The summed E-state index contributed by atoms with van der Waals surface area (Å²) in [4.78, 5) is 1.45. The van der Waals surface area contributed by atoms with Gasteiger partial charge >= 0.3 is 0 Å². The largest absolute Gasteiger partial charge is 0.140 e. The normalized spacial score (nSPS) is 11.5. The maximum atomic E-state index is 2.37. The Kier molecular flexibility index (Phi) is 2.83. The number of rotatable bonds is 2. The Bertz CT molecular complexity index is 477. The smallest absolute Gasteiger partial charge is 0.0348 e. The molecule has 1 aromatic heterocycles. The maximum absolute atomic E-state index is 2.37. The van der Waals surface area contributed by atoms with Crippen LogP contribution in [0.2, 0.25) is 0 Å². The van der Waals surface area contributed by atoms with E-state index < -0.39 is 0 Å². The molecule has 0 aliphatic carbocycles. The van der Waals surface area contributed by atoms with Crippen LogP contribution in [0, 0.1) is 19.8 Å². The molecule has 15 heavy (non-hydrogen) atoms. The molecule has 80 valence electrons. The first kappa shape index (κ1) is 10.7. The van der Waals surface area contributed by atoms with Crippen molar-refractivity contribution in [3.8, 4) is 0 Å². The third-order valence-corrected chi connectivity index (χ3v) is 4.07. The van der Waals surface area contributed by atoms with Crippen LogP contribution in [-0.4, -0.2) is 0 Å². The van der Waals surface area contributed by atoms with Gasteiger partial charge in [-0.15, -0.1) is 11.3 Å². The van der Waals surface area contributed by atoms with E-state index in [0.717, 1.165) is 5.92 Å². The lowest BCUT2D eigenvalue weighted by atomic mass is 10.0. The molecular formula is C14H18S. The highest BCUT2D eigenvalue weighted by Gasteiger charge is 2.06. The van der Waals surface area contributed by atoms with Crippen LogP contribution >= 0.6 is 11.3 Å². The van der Waals surface area contributed by atoms with E-state index in [1.165, 1.54) is 32.5 Å². The fourth-order valence-electron chi connectivity index (χ4n) is 1.99. The van der Waals surface area contributed by atoms with E-state index in [1.807, 2.05) is 11.3 Å². The van der Waals surface area contributed by atoms with Gasteiger partial charge in [0.2, 0.25) is 0 Å². The zero-order valence-electron chi connectivity index (χ0n) is 9.92. The third-order valence-electron chi connectivity index (χ3n) is 2.88. The van der Waals surface area contributed by atoms with Crippen LogP contribution in [0.5, 0.6) is 0 Å². The van der Waals surface area contributed by atoms with Gasteiger partial charge in [0.1, 0.15) is 0 Å². The van der Waals surface area contributed by atoms with Crippen LogP contribution in [0.3, 0.4) is 0 Å². The summed E-state index contributed by atoms with van der Waals surface area (Å²) in [6.45, 7) is 8.99. The first-order valence-corrected chi connectivity index (χ1v) is 6.38. The highest BCUT2D eigenvalue weighted by Crippen LogP contribution is 2.31. The quantitative estimate of drug-likeness (QED) is 0.684. The number of benzene rings is 1. The van der Waals surface area contributed by atoms with E-state index in [4.69, 9.17) is 0 Å². The van der Waals surface area contributed by atoms with Crippen molar-refractivity contribution in [3.05, 3.63) is 34.2 Å². The van der Waals surface area contributed by atoms with Gasteiger partial charge in [0.25, 0.3) is 0 Å². The lowest BCUT2D eigenvalue weighted by molar-refractivity contribution is 0.648. The molecule has 0 amide bonds. The van der Waals surface area contributed by atoms with E-state index in [1.54, 1.807) is 0 Å². The first-order valence-electron chi connectivity index (χ1n) is 5.56. The van der Waals surface area contributed by atoms with Gasteiger partial charge in [-0.2, -0.15) is 0 Å². The van der Waals surface area contributed by atoms with Crippen molar-refractivity contribution < 1.29 is 0 Å². The van der Waals surface area contributed by atoms with Crippen LogP contribution in [0.4, 0.5) is 0 Å². The third kappa shape index (κ3) is 2.07. The SMILES string of the molecule is Cc1sc2ccc(CC(C)C)cc2c1C. The van der Waals surface area contributed by atoms with Crippen molar-refractivity contribution in [2.24, 2.45) is 5.92 Å². The molecule has 0 nitrogen and oxygen atoms in total. The highest BCUT2D eigenvalue weighted by molar-refractivity contribution is 7.19. The number of fused-ring (bicyclic) bond motifs is 1. The van der Waals surface area contributed by atoms with E-state index >= 15 is 0 Å². The van der Waals surface area contributed by atoms with Crippen molar-refractivity contribution in [3.63, 3.8) is 0 Å². The minimum Gasteiger partial charge on any atom is -0.140 e. The highest BCUT2D eigenvalue weighted by atomic mass is 32.1. The number of aryl methyl sites for hydroxylation is 2. The van der Waals surface area contributed by atoms with Crippen LogP contribution in [0.25, 0.3) is 10.1 Å². The van der Waals surface area contributed by atoms with Gasteiger partial charge in [-0.05, 0) is 48.8 Å². The molecule has 0 bridgehead atoms. The summed E-state index contributed by atoms with van der Waals surface area (Å²) in [6, 6.07) is 6.92. The Balaban J connectivity index is 2.49. The molecule has 1 heterocycles. The van der Waals surface area contributed by atoms with E-state index in [-0.39, 0.29) is 0 Å². The molecule has 0 saturated heterocycles. The molecule has 0 aliphatic rings. The second-order valence-electron chi connectivity index (χ2n) is 4.71. The summed E-state index contributed by atoms with van der Waals surface area (Å²) in [5.74, 6) is 0.738. The van der Waals surface area contributed by atoms with Gasteiger partial charge in [-0.1, -0.05) is 26.0 Å². The zero-order chi connectivity index (χ0) is 11.0. The molecule has 0 N–H and O–H groups in total. The predicted octanol–water partition coefficient (Wildman–Crippen LogP) is 4.72. The Morgan fingerprint density at radius 1 is 1.20 bits per heavy atom. The molecule has 0 fully saturated rings. The van der Waals surface area contributed by atoms with Gasteiger partial charge < -0.3 is 0 Å². The number of thiophene rings is 1. The molecule has 1 heteroatoms.